The van der Waals surface area contributed by atoms with Crippen molar-refractivity contribution in [1.29, 1.82) is 0 Å². The quantitative estimate of drug-likeness (QED) is 0.494. The number of hydrogen-bond acceptors (Lipinski definition) is 6. The Kier molecular flexibility index (Phi) is 4.93. The average molecular weight is 431 g/mol. The van der Waals surface area contributed by atoms with Gasteiger partial charge in [0.25, 0.3) is 5.69 Å². The van der Waals surface area contributed by atoms with E-state index in [4.69, 9.17) is 11.6 Å². The van der Waals surface area contributed by atoms with Crippen LogP contribution in [0.3, 0.4) is 0 Å². The van der Waals surface area contributed by atoms with Crippen LogP contribution in [0.5, 0.6) is 0 Å². The zero-order chi connectivity index (χ0) is 20.7. The average Bonchev–Trinajstić information content (AvgIpc) is 3.24. The summed E-state index contributed by atoms with van der Waals surface area (Å²) in [4.78, 5) is 41.5. The van der Waals surface area contributed by atoms with E-state index in [0.717, 1.165) is 15.2 Å². The maximum absolute atomic E-state index is 12.6. The third-order valence-electron chi connectivity index (χ3n) is 4.70. The number of amides is 2. The first-order valence-electron chi connectivity index (χ1n) is 8.74. The number of nitro benzene ring substituents is 1. The molecule has 1 atom stereocenters. The van der Waals surface area contributed by atoms with Gasteiger partial charge >= 0.3 is 0 Å². The molecule has 1 saturated heterocycles. The van der Waals surface area contributed by atoms with Gasteiger partial charge < -0.3 is 10.2 Å². The number of hydrogen-bond donors (Lipinski definition) is 1. The van der Waals surface area contributed by atoms with Crippen LogP contribution < -0.4 is 10.2 Å². The van der Waals surface area contributed by atoms with Crippen LogP contribution in [0.25, 0.3) is 10.2 Å². The van der Waals surface area contributed by atoms with E-state index in [1.807, 2.05) is 25.1 Å². The second-order valence-corrected chi connectivity index (χ2v) is 8.34. The van der Waals surface area contributed by atoms with Crippen LogP contribution in [-0.2, 0) is 9.59 Å². The lowest BCUT2D eigenvalue weighted by molar-refractivity contribution is -0.384. The molecule has 0 radical (unpaired) electrons. The lowest BCUT2D eigenvalue weighted by atomic mass is 10.1. The van der Waals surface area contributed by atoms with Gasteiger partial charge in [0.2, 0.25) is 11.8 Å². The summed E-state index contributed by atoms with van der Waals surface area (Å²) in [5.41, 5.74) is 1.49. The molecule has 4 rings (SSSR count). The van der Waals surface area contributed by atoms with Gasteiger partial charge in [0.1, 0.15) is 5.02 Å². The number of carbonyl (C=O) groups is 2. The molecule has 1 aliphatic rings. The summed E-state index contributed by atoms with van der Waals surface area (Å²) >= 11 is 7.37. The van der Waals surface area contributed by atoms with Crippen molar-refractivity contribution in [2.45, 2.75) is 13.3 Å². The molecule has 0 saturated carbocycles. The number of aryl methyl sites for hydroxylation is 1. The normalized spacial score (nSPS) is 16.4. The van der Waals surface area contributed by atoms with Gasteiger partial charge in [0, 0.05) is 30.4 Å². The lowest BCUT2D eigenvalue weighted by Gasteiger charge is -2.16. The van der Waals surface area contributed by atoms with Gasteiger partial charge in [-0.25, -0.2) is 4.98 Å². The van der Waals surface area contributed by atoms with Gasteiger partial charge in [0.15, 0.2) is 0 Å². The van der Waals surface area contributed by atoms with Gasteiger partial charge in [-0.2, -0.15) is 0 Å². The Morgan fingerprint density at radius 1 is 1.34 bits per heavy atom. The highest BCUT2D eigenvalue weighted by Gasteiger charge is 2.35. The number of anilines is 2. The number of nitro groups is 1. The standard InChI is InChI=1S/C19H15ClN4O4S/c1-10-21-15-8-13(3-5-17(15)29-10)23-9-11(6-18(23)25)19(26)22-12-2-4-14(20)16(7-12)24(27)28/h2-5,7-8,11H,6,9H2,1H3,(H,22,26). The topological polar surface area (TPSA) is 105 Å². The van der Waals surface area contributed by atoms with Crippen LogP contribution in [0.15, 0.2) is 36.4 Å². The Morgan fingerprint density at radius 3 is 2.90 bits per heavy atom. The first kappa shape index (κ1) is 19.3. The maximum atomic E-state index is 12.6. The van der Waals surface area contributed by atoms with Crippen LogP contribution in [0, 0.1) is 23.0 Å². The van der Waals surface area contributed by atoms with Crippen molar-refractivity contribution < 1.29 is 14.5 Å². The molecule has 29 heavy (non-hydrogen) atoms. The Balaban J connectivity index is 1.50. The smallest absolute Gasteiger partial charge is 0.289 e. The zero-order valence-electron chi connectivity index (χ0n) is 15.2. The fraction of sp³-hybridized carbons (Fsp3) is 0.211. The monoisotopic (exact) mass is 430 g/mol. The van der Waals surface area contributed by atoms with Gasteiger partial charge in [-0.05, 0) is 37.3 Å². The predicted molar refractivity (Wildman–Crippen MR) is 112 cm³/mol. The van der Waals surface area contributed by atoms with Crippen molar-refractivity contribution >= 4 is 62.0 Å². The van der Waals surface area contributed by atoms with E-state index >= 15 is 0 Å². The van der Waals surface area contributed by atoms with Crippen molar-refractivity contribution in [3.8, 4) is 0 Å². The van der Waals surface area contributed by atoms with E-state index in [1.165, 1.54) is 18.2 Å². The predicted octanol–water partition coefficient (Wildman–Crippen LogP) is 4.16. The Morgan fingerprint density at radius 2 is 2.14 bits per heavy atom. The summed E-state index contributed by atoms with van der Waals surface area (Å²) in [7, 11) is 0. The van der Waals surface area contributed by atoms with Crippen molar-refractivity contribution in [3.05, 3.63) is 56.5 Å². The molecular formula is C19H15ClN4O4S. The number of halogens is 1. The van der Waals surface area contributed by atoms with E-state index in [-0.39, 0.29) is 41.2 Å². The van der Waals surface area contributed by atoms with Crippen LogP contribution in [0.2, 0.25) is 5.02 Å². The van der Waals surface area contributed by atoms with E-state index in [9.17, 15) is 19.7 Å². The molecule has 2 heterocycles. The third kappa shape index (κ3) is 3.79. The van der Waals surface area contributed by atoms with Crippen molar-refractivity contribution in [3.63, 3.8) is 0 Å². The van der Waals surface area contributed by atoms with Crippen LogP contribution in [0.4, 0.5) is 17.1 Å². The van der Waals surface area contributed by atoms with Crippen LogP contribution in [0.1, 0.15) is 11.4 Å². The molecule has 8 nitrogen and oxygen atoms in total. The van der Waals surface area contributed by atoms with Crippen LogP contribution >= 0.6 is 22.9 Å². The van der Waals surface area contributed by atoms with E-state index in [0.29, 0.717) is 5.69 Å². The Bertz CT molecular complexity index is 1160. The number of nitrogens with one attached hydrogen (secondary N) is 1. The fourth-order valence-electron chi connectivity index (χ4n) is 3.31. The summed E-state index contributed by atoms with van der Waals surface area (Å²) < 4.78 is 1.04. The molecule has 0 bridgehead atoms. The minimum Gasteiger partial charge on any atom is -0.326 e. The summed E-state index contributed by atoms with van der Waals surface area (Å²) in [6, 6.07) is 9.66. The Hall–Kier alpha value is -3.04. The second-order valence-electron chi connectivity index (χ2n) is 6.70. The number of nitrogens with zero attached hydrogens (tertiary/aromatic N) is 3. The molecule has 2 aromatic carbocycles. The molecule has 1 unspecified atom stereocenters. The van der Waals surface area contributed by atoms with Crippen LogP contribution in [-0.4, -0.2) is 28.3 Å². The van der Waals surface area contributed by atoms with Gasteiger partial charge in [-0.1, -0.05) is 11.6 Å². The third-order valence-corrected chi connectivity index (χ3v) is 5.97. The van der Waals surface area contributed by atoms with E-state index < -0.39 is 10.8 Å². The number of benzene rings is 2. The number of carbonyl (C=O) groups excluding carboxylic acids is 2. The van der Waals surface area contributed by atoms with Gasteiger partial charge in [-0.3, -0.25) is 19.7 Å². The number of aromatic nitrogens is 1. The molecule has 10 heteroatoms. The largest absolute Gasteiger partial charge is 0.326 e. The molecule has 3 aromatic rings. The van der Waals surface area contributed by atoms with Crippen molar-refractivity contribution in [2.24, 2.45) is 5.92 Å². The minimum absolute atomic E-state index is 0.0112. The highest BCUT2D eigenvalue weighted by molar-refractivity contribution is 7.18. The molecule has 0 spiro atoms. The van der Waals surface area contributed by atoms with E-state index in [2.05, 4.69) is 10.3 Å². The molecule has 148 valence electrons. The summed E-state index contributed by atoms with van der Waals surface area (Å²) in [5, 5.41) is 14.6. The zero-order valence-corrected chi connectivity index (χ0v) is 16.8. The van der Waals surface area contributed by atoms with E-state index in [1.54, 1.807) is 16.2 Å². The molecule has 1 aromatic heterocycles. The maximum Gasteiger partial charge on any atom is 0.289 e. The highest BCUT2D eigenvalue weighted by Crippen LogP contribution is 2.31. The summed E-state index contributed by atoms with van der Waals surface area (Å²) in [5.74, 6) is -1.09. The van der Waals surface area contributed by atoms with Gasteiger partial charge in [0.05, 0.1) is 26.1 Å². The number of rotatable bonds is 4. The molecule has 1 aliphatic heterocycles. The lowest BCUT2D eigenvalue weighted by Crippen LogP contribution is -2.28. The number of fused-ring (bicyclic) bond motifs is 1. The molecule has 2 amide bonds. The highest BCUT2D eigenvalue weighted by atomic mass is 35.5. The molecule has 1 N–H and O–H groups in total. The first-order chi connectivity index (χ1) is 13.8. The SMILES string of the molecule is Cc1nc2cc(N3CC(C(=O)Nc4ccc(Cl)c([N+](=O)[O-])c4)CC3=O)ccc2s1. The van der Waals surface area contributed by atoms with Gasteiger partial charge in [-0.15, -0.1) is 11.3 Å². The molecule has 0 aliphatic carbocycles. The first-order valence-corrected chi connectivity index (χ1v) is 9.93. The van der Waals surface area contributed by atoms with Crippen molar-refractivity contribution in [1.82, 2.24) is 4.98 Å². The summed E-state index contributed by atoms with van der Waals surface area (Å²) in [6.07, 6.45) is 0.0651. The second kappa shape index (κ2) is 7.41. The van der Waals surface area contributed by atoms with Crippen molar-refractivity contribution in [2.75, 3.05) is 16.8 Å². The minimum atomic E-state index is -0.616. The summed E-state index contributed by atoms with van der Waals surface area (Å²) in [6.45, 7) is 2.15. The Labute approximate surface area is 174 Å². The number of thiazole rings is 1. The fourth-order valence-corrected chi connectivity index (χ4v) is 4.30. The molecular weight excluding hydrogens is 416 g/mol. The molecule has 1 fully saturated rings.